The van der Waals surface area contributed by atoms with Gasteiger partial charge in [-0.25, -0.2) is 0 Å². The summed E-state index contributed by atoms with van der Waals surface area (Å²) in [4.78, 5) is 12.1. The standard InChI is InChI=1S/C18H26N2O3.ClH/c21-17(11-16-13-22-10-8-19-16)20-12-15-7-4-9-23-18(15)14-5-2-1-3-6-14;/h1-3,5-6,15-16,18-19H,4,7-13H2,(H,20,21);1H. The molecule has 0 aliphatic carbocycles. The van der Waals surface area contributed by atoms with Crippen LogP contribution < -0.4 is 10.6 Å². The van der Waals surface area contributed by atoms with Crippen molar-refractivity contribution in [3.63, 3.8) is 0 Å². The van der Waals surface area contributed by atoms with E-state index in [1.54, 1.807) is 0 Å². The van der Waals surface area contributed by atoms with Crippen molar-refractivity contribution in [1.29, 1.82) is 0 Å². The Morgan fingerprint density at radius 3 is 2.83 bits per heavy atom. The van der Waals surface area contributed by atoms with Gasteiger partial charge in [0.05, 0.1) is 19.3 Å². The van der Waals surface area contributed by atoms with E-state index in [0.717, 1.165) is 32.6 Å². The summed E-state index contributed by atoms with van der Waals surface area (Å²) in [5.41, 5.74) is 1.20. The highest BCUT2D eigenvalue weighted by atomic mass is 35.5. The lowest BCUT2D eigenvalue weighted by Gasteiger charge is -2.32. The van der Waals surface area contributed by atoms with Crippen LogP contribution in [0, 0.1) is 5.92 Å². The van der Waals surface area contributed by atoms with Crippen LogP contribution in [0.2, 0.25) is 0 Å². The molecule has 6 heteroatoms. The third-order valence-electron chi connectivity index (χ3n) is 4.56. The highest BCUT2D eigenvalue weighted by molar-refractivity contribution is 5.85. The minimum absolute atomic E-state index is 0. The van der Waals surface area contributed by atoms with Crippen LogP contribution in [-0.2, 0) is 14.3 Å². The number of rotatable bonds is 5. The van der Waals surface area contributed by atoms with E-state index in [4.69, 9.17) is 9.47 Å². The molecular weight excluding hydrogens is 328 g/mol. The van der Waals surface area contributed by atoms with E-state index in [1.165, 1.54) is 5.56 Å². The van der Waals surface area contributed by atoms with Gasteiger partial charge in [0.1, 0.15) is 0 Å². The van der Waals surface area contributed by atoms with E-state index in [-0.39, 0.29) is 30.5 Å². The summed E-state index contributed by atoms with van der Waals surface area (Å²) in [7, 11) is 0. The second-order valence-corrected chi connectivity index (χ2v) is 6.34. The highest BCUT2D eigenvalue weighted by Crippen LogP contribution is 2.33. The predicted octanol–water partition coefficient (Wildman–Crippen LogP) is 2.07. The largest absolute Gasteiger partial charge is 0.378 e. The Morgan fingerprint density at radius 2 is 2.08 bits per heavy atom. The molecule has 2 heterocycles. The molecule has 1 aromatic carbocycles. The second-order valence-electron chi connectivity index (χ2n) is 6.34. The molecule has 0 spiro atoms. The van der Waals surface area contributed by atoms with Crippen molar-refractivity contribution in [2.24, 2.45) is 5.92 Å². The maximum Gasteiger partial charge on any atom is 0.221 e. The molecule has 24 heavy (non-hydrogen) atoms. The maximum absolute atomic E-state index is 12.1. The van der Waals surface area contributed by atoms with E-state index in [0.29, 0.717) is 25.5 Å². The SMILES string of the molecule is Cl.O=C(CC1COCCN1)NCC1CCCOC1c1ccccc1. The summed E-state index contributed by atoms with van der Waals surface area (Å²) in [5.74, 6) is 0.427. The van der Waals surface area contributed by atoms with Gasteiger partial charge in [0.25, 0.3) is 0 Å². The smallest absolute Gasteiger partial charge is 0.221 e. The molecule has 0 aromatic heterocycles. The number of ether oxygens (including phenoxy) is 2. The average Bonchev–Trinajstić information content (AvgIpc) is 2.62. The zero-order valence-electron chi connectivity index (χ0n) is 13.9. The molecule has 3 rings (SSSR count). The molecule has 134 valence electrons. The van der Waals surface area contributed by atoms with Crippen molar-refractivity contribution < 1.29 is 14.3 Å². The van der Waals surface area contributed by atoms with Crippen LogP contribution in [0.25, 0.3) is 0 Å². The van der Waals surface area contributed by atoms with E-state index in [1.807, 2.05) is 18.2 Å². The Bertz CT molecular complexity index is 494. The molecule has 0 bridgehead atoms. The summed E-state index contributed by atoms with van der Waals surface area (Å²) >= 11 is 0. The zero-order valence-corrected chi connectivity index (χ0v) is 14.7. The molecular formula is C18H27ClN2O3. The predicted molar refractivity (Wildman–Crippen MR) is 95.3 cm³/mol. The lowest BCUT2D eigenvalue weighted by Crippen LogP contribution is -2.45. The Labute approximate surface area is 149 Å². The molecule has 1 aromatic rings. The van der Waals surface area contributed by atoms with Crippen LogP contribution in [-0.4, -0.2) is 44.9 Å². The number of halogens is 1. The normalized spacial score (nSPS) is 27.1. The van der Waals surface area contributed by atoms with Crippen LogP contribution in [0.15, 0.2) is 30.3 Å². The molecule has 2 saturated heterocycles. The van der Waals surface area contributed by atoms with Crippen LogP contribution in [0.1, 0.15) is 30.9 Å². The number of carbonyl (C=O) groups excluding carboxylic acids is 1. The zero-order chi connectivity index (χ0) is 15.9. The van der Waals surface area contributed by atoms with E-state index < -0.39 is 0 Å². The molecule has 2 N–H and O–H groups in total. The van der Waals surface area contributed by atoms with Crippen molar-refractivity contribution in [2.45, 2.75) is 31.4 Å². The van der Waals surface area contributed by atoms with Crippen LogP contribution >= 0.6 is 12.4 Å². The average molecular weight is 355 g/mol. The van der Waals surface area contributed by atoms with Gasteiger partial charge < -0.3 is 20.1 Å². The summed E-state index contributed by atoms with van der Waals surface area (Å²) in [5, 5.41) is 6.40. The van der Waals surface area contributed by atoms with Crippen molar-refractivity contribution in [3.8, 4) is 0 Å². The monoisotopic (exact) mass is 354 g/mol. The van der Waals surface area contributed by atoms with Crippen molar-refractivity contribution in [2.75, 3.05) is 32.9 Å². The number of benzene rings is 1. The van der Waals surface area contributed by atoms with Gasteiger partial charge in [0.15, 0.2) is 0 Å². The van der Waals surface area contributed by atoms with E-state index in [2.05, 4.69) is 22.8 Å². The first-order valence-corrected chi connectivity index (χ1v) is 8.57. The molecule has 2 fully saturated rings. The van der Waals surface area contributed by atoms with E-state index >= 15 is 0 Å². The summed E-state index contributed by atoms with van der Waals surface area (Å²) < 4.78 is 11.4. The first kappa shape index (κ1) is 19.2. The minimum Gasteiger partial charge on any atom is -0.378 e. The Hall–Kier alpha value is -1.14. The molecule has 1 amide bonds. The lowest BCUT2D eigenvalue weighted by molar-refractivity contribution is -0.123. The number of amides is 1. The summed E-state index contributed by atoms with van der Waals surface area (Å²) in [6.45, 7) is 3.65. The molecule has 2 aliphatic rings. The van der Waals surface area contributed by atoms with Gasteiger partial charge in [-0.15, -0.1) is 12.4 Å². The van der Waals surface area contributed by atoms with Crippen LogP contribution in [0.4, 0.5) is 0 Å². The summed E-state index contributed by atoms with van der Waals surface area (Å²) in [6, 6.07) is 10.4. The Morgan fingerprint density at radius 1 is 1.25 bits per heavy atom. The Balaban J connectivity index is 0.00000208. The van der Waals surface area contributed by atoms with Crippen molar-refractivity contribution >= 4 is 18.3 Å². The molecule has 2 aliphatic heterocycles. The number of hydrogen-bond donors (Lipinski definition) is 2. The van der Waals surface area contributed by atoms with Crippen molar-refractivity contribution in [3.05, 3.63) is 35.9 Å². The van der Waals surface area contributed by atoms with Crippen molar-refractivity contribution in [1.82, 2.24) is 10.6 Å². The van der Waals surface area contributed by atoms with E-state index in [9.17, 15) is 4.79 Å². The first-order chi connectivity index (χ1) is 11.3. The number of nitrogens with one attached hydrogen (secondary N) is 2. The van der Waals surface area contributed by atoms with Gasteiger partial charge in [-0.3, -0.25) is 4.79 Å². The quantitative estimate of drug-likeness (QED) is 0.850. The van der Waals surface area contributed by atoms with Gasteiger partial charge in [-0.1, -0.05) is 30.3 Å². The molecule has 5 nitrogen and oxygen atoms in total. The third-order valence-corrected chi connectivity index (χ3v) is 4.56. The van der Waals surface area contributed by atoms with Gasteiger partial charge in [0, 0.05) is 38.1 Å². The Kier molecular flexibility index (Phi) is 7.99. The molecule has 3 unspecified atom stereocenters. The second kappa shape index (κ2) is 9.99. The number of morpholine rings is 1. The fraction of sp³-hybridized carbons (Fsp3) is 0.611. The molecule has 3 atom stereocenters. The molecule has 0 saturated carbocycles. The van der Waals surface area contributed by atoms with Gasteiger partial charge in [-0.05, 0) is 18.4 Å². The van der Waals surface area contributed by atoms with Crippen LogP contribution in [0.5, 0.6) is 0 Å². The molecule has 0 radical (unpaired) electrons. The number of carbonyl (C=O) groups is 1. The topological polar surface area (TPSA) is 59.6 Å². The highest BCUT2D eigenvalue weighted by Gasteiger charge is 2.28. The van der Waals surface area contributed by atoms with Crippen LogP contribution in [0.3, 0.4) is 0 Å². The van der Waals surface area contributed by atoms with Gasteiger partial charge in [0.2, 0.25) is 5.91 Å². The maximum atomic E-state index is 12.1. The third kappa shape index (κ3) is 5.45. The number of hydrogen-bond acceptors (Lipinski definition) is 4. The van der Waals surface area contributed by atoms with Gasteiger partial charge in [-0.2, -0.15) is 0 Å². The first-order valence-electron chi connectivity index (χ1n) is 8.57. The summed E-state index contributed by atoms with van der Waals surface area (Å²) in [6.07, 6.45) is 2.71. The van der Waals surface area contributed by atoms with Gasteiger partial charge >= 0.3 is 0 Å². The fourth-order valence-electron chi connectivity index (χ4n) is 3.36. The minimum atomic E-state index is 0. The lowest BCUT2D eigenvalue weighted by atomic mass is 9.89. The fourth-order valence-corrected chi connectivity index (χ4v) is 3.36.